The SMILES string of the molecule is CCCC(C)C(C)(O)OC(=O)N1CCOC(CC(=O)N(CC2=CC3C(C=C2)C(O)=CN3CCNC)C(C)CC)C1. The lowest BCUT2D eigenvalue weighted by Gasteiger charge is -2.37. The summed E-state index contributed by atoms with van der Waals surface area (Å²) in [5.74, 6) is -1.49. The zero-order chi connectivity index (χ0) is 29.4. The smallest absolute Gasteiger partial charge is 0.412 e. The van der Waals surface area contributed by atoms with Gasteiger partial charge in [-0.1, -0.05) is 45.4 Å². The summed E-state index contributed by atoms with van der Waals surface area (Å²) in [7, 11) is 1.91. The normalized spacial score (nSPS) is 25.4. The van der Waals surface area contributed by atoms with Gasteiger partial charge in [-0.2, -0.15) is 0 Å². The van der Waals surface area contributed by atoms with Gasteiger partial charge in [-0.05, 0) is 32.4 Å². The molecule has 3 N–H and O–H groups in total. The Morgan fingerprint density at radius 2 is 2.08 bits per heavy atom. The molecule has 2 heterocycles. The highest BCUT2D eigenvalue weighted by Gasteiger charge is 2.37. The minimum atomic E-state index is -1.56. The van der Waals surface area contributed by atoms with E-state index in [1.165, 1.54) is 11.8 Å². The molecule has 0 saturated carbocycles. The molecule has 6 atom stereocenters. The largest absolute Gasteiger partial charge is 0.510 e. The van der Waals surface area contributed by atoms with Crippen molar-refractivity contribution in [1.82, 2.24) is 20.0 Å². The predicted octanol–water partition coefficient (Wildman–Crippen LogP) is 3.40. The molecule has 1 fully saturated rings. The molecule has 0 bridgehead atoms. The molecule has 6 unspecified atom stereocenters. The van der Waals surface area contributed by atoms with Crippen LogP contribution in [0.1, 0.15) is 60.3 Å². The molecule has 226 valence electrons. The second kappa shape index (κ2) is 14.4. The standard InChI is InChI=1S/C30H50N4O6/c1-7-9-21(3)30(5,38)40-29(37)33-14-15-39-24(19-33)17-28(36)34(22(4)8-2)18-23-10-11-25-26(16-23)32(13-12-31-6)20-27(25)35/h10-11,16,20-22,24-26,31,35,38H,7-9,12-15,17-19H2,1-6H3. The van der Waals surface area contributed by atoms with Crippen LogP contribution in [0.4, 0.5) is 4.79 Å². The number of nitrogens with one attached hydrogen (secondary N) is 1. The third-order valence-electron chi connectivity index (χ3n) is 8.44. The van der Waals surface area contributed by atoms with Crippen molar-refractivity contribution in [2.45, 2.75) is 84.3 Å². The number of morpholine rings is 1. The third kappa shape index (κ3) is 8.01. The number of ether oxygens (including phenoxy) is 2. The summed E-state index contributed by atoms with van der Waals surface area (Å²) in [6.07, 6.45) is 9.54. The van der Waals surface area contributed by atoms with E-state index in [4.69, 9.17) is 9.47 Å². The van der Waals surface area contributed by atoms with Crippen molar-refractivity contribution in [2.24, 2.45) is 11.8 Å². The molecule has 3 rings (SSSR count). The van der Waals surface area contributed by atoms with Crippen LogP contribution in [0, 0.1) is 11.8 Å². The molecule has 40 heavy (non-hydrogen) atoms. The van der Waals surface area contributed by atoms with E-state index in [1.807, 2.05) is 51.1 Å². The zero-order valence-corrected chi connectivity index (χ0v) is 25.1. The molecule has 0 aromatic heterocycles. The molecular formula is C30H50N4O6. The monoisotopic (exact) mass is 562 g/mol. The molecule has 2 amide bonds. The van der Waals surface area contributed by atoms with E-state index in [-0.39, 0.29) is 42.8 Å². The van der Waals surface area contributed by atoms with Gasteiger partial charge in [0.1, 0.15) is 5.76 Å². The topological polar surface area (TPSA) is 115 Å². The summed E-state index contributed by atoms with van der Waals surface area (Å²) < 4.78 is 11.4. The molecule has 1 saturated heterocycles. The fourth-order valence-corrected chi connectivity index (χ4v) is 5.47. The van der Waals surface area contributed by atoms with Crippen LogP contribution in [-0.2, 0) is 14.3 Å². The second-order valence-corrected chi connectivity index (χ2v) is 11.5. The lowest BCUT2D eigenvalue weighted by atomic mass is 9.91. The van der Waals surface area contributed by atoms with E-state index >= 15 is 0 Å². The summed E-state index contributed by atoms with van der Waals surface area (Å²) in [6, 6.07) is 0.0515. The number of aliphatic hydroxyl groups is 2. The number of aliphatic hydroxyl groups excluding tert-OH is 1. The number of likely N-dealkylation sites (N-methyl/N-ethyl adjacent to an activating group) is 1. The van der Waals surface area contributed by atoms with Crippen LogP contribution >= 0.6 is 0 Å². The number of nitrogens with zero attached hydrogens (tertiary/aromatic N) is 3. The molecule has 10 nitrogen and oxygen atoms in total. The quantitative estimate of drug-likeness (QED) is 0.293. The van der Waals surface area contributed by atoms with E-state index in [0.717, 1.165) is 37.9 Å². The summed E-state index contributed by atoms with van der Waals surface area (Å²) in [5, 5.41) is 24.3. The van der Waals surface area contributed by atoms with Gasteiger partial charge in [-0.15, -0.1) is 0 Å². The number of carbonyl (C=O) groups excluding carboxylic acids is 2. The first kappa shape index (κ1) is 32.0. The summed E-state index contributed by atoms with van der Waals surface area (Å²) in [6.45, 7) is 12.4. The van der Waals surface area contributed by atoms with Crippen molar-refractivity contribution in [3.8, 4) is 0 Å². The van der Waals surface area contributed by atoms with Crippen molar-refractivity contribution in [1.29, 1.82) is 0 Å². The highest BCUT2D eigenvalue weighted by Crippen LogP contribution is 2.33. The maximum atomic E-state index is 13.6. The first-order valence-corrected chi connectivity index (χ1v) is 14.8. The lowest BCUT2D eigenvalue weighted by molar-refractivity contribution is -0.191. The Balaban J connectivity index is 1.63. The maximum absolute atomic E-state index is 13.6. The number of hydrogen-bond acceptors (Lipinski definition) is 8. The minimum absolute atomic E-state index is 0.0230. The molecule has 0 aromatic rings. The minimum Gasteiger partial charge on any atom is -0.510 e. The van der Waals surface area contributed by atoms with Crippen LogP contribution < -0.4 is 5.32 Å². The number of rotatable bonds is 13. The molecule has 1 aliphatic carbocycles. The molecule has 3 aliphatic rings. The van der Waals surface area contributed by atoms with Crippen LogP contribution in [0.3, 0.4) is 0 Å². The Bertz CT molecular complexity index is 964. The lowest BCUT2D eigenvalue weighted by Crippen LogP contribution is -2.51. The average Bonchev–Trinajstić information content (AvgIpc) is 3.24. The molecule has 10 heteroatoms. The summed E-state index contributed by atoms with van der Waals surface area (Å²) in [5.41, 5.74) is 1.03. The molecule has 0 spiro atoms. The van der Waals surface area contributed by atoms with Crippen molar-refractivity contribution in [3.05, 3.63) is 35.8 Å². The third-order valence-corrected chi connectivity index (χ3v) is 8.44. The highest BCUT2D eigenvalue weighted by atomic mass is 16.7. The van der Waals surface area contributed by atoms with Gasteiger partial charge in [0.05, 0.1) is 37.6 Å². The first-order valence-electron chi connectivity index (χ1n) is 14.8. The van der Waals surface area contributed by atoms with Gasteiger partial charge < -0.3 is 39.7 Å². The zero-order valence-electron chi connectivity index (χ0n) is 25.1. The van der Waals surface area contributed by atoms with Crippen molar-refractivity contribution in [3.63, 3.8) is 0 Å². The van der Waals surface area contributed by atoms with E-state index in [9.17, 15) is 19.8 Å². The fraction of sp³-hybridized carbons (Fsp3) is 0.733. The Kier molecular flexibility index (Phi) is 11.5. The van der Waals surface area contributed by atoms with Crippen LogP contribution in [0.2, 0.25) is 0 Å². The Morgan fingerprint density at radius 3 is 2.75 bits per heavy atom. The van der Waals surface area contributed by atoms with E-state index in [0.29, 0.717) is 25.5 Å². The molecule has 0 radical (unpaired) electrons. The molecular weight excluding hydrogens is 512 g/mol. The Hall–Kier alpha value is -2.56. The highest BCUT2D eigenvalue weighted by molar-refractivity contribution is 5.77. The van der Waals surface area contributed by atoms with Gasteiger partial charge in [-0.3, -0.25) is 4.79 Å². The van der Waals surface area contributed by atoms with Gasteiger partial charge in [0.25, 0.3) is 0 Å². The number of hydrogen-bond donors (Lipinski definition) is 3. The first-order chi connectivity index (χ1) is 19.0. The van der Waals surface area contributed by atoms with E-state index in [1.54, 1.807) is 0 Å². The van der Waals surface area contributed by atoms with Gasteiger partial charge in [0, 0.05) is 51.3 Å². The van der Waals surface area contributed by atoms with Crippen molar-refractivity contribution in [2.75, 3.05) is 46.4 Å². The Morgan fingerprint density at radius 1 is 1.32 bits per heavy atom. The van der Waals surface area contributed by atoms with Crippen LogP contribution in [0.5, 0.6) is 0 Å². The van der Waals surface area contributed by atoms with E-state index in [2.05, 4.69) is 23.2 Å². The predicted molar refractivity (Wildman–Crippen MR) is 154 cm³/mol. The summed E-state index contributed by atoms with van der Waals surface area (Å²) in [4.78, 5) is 32.0. The van der Waals surface area contributed by atoms with Crippen LogP contribution in [-0.4, -0.2) is 107 Å². The fourth-order valence-electron chi connectivity index (χ4n) is 5.47. The average molecular weight is 563 g/mol. The molecule has 2 aliphatic heterocycles. The number of amides is 2. The van der Waals surface area contributed by atoms with Crippen molar-refractivity contribution < 1.29 is 29.3 Å². The Labute approximate surface area is 239 Å². The van der Waals surface area contributed by atoms with Crippen molar-refractivity contribution >= 4 is 12.0 Å². The van der Waals surface area contributed by atoms with Gasteiger partial charge in [-0.25, -0.2) is 4.79 Å². The maximum Gasteiger partial charge on any atom is 0.412 e. The second-order valence-electron chi connectivity index (χ2n) is 11.5. The van der Waals surface area contributed by atoms with Gasteiger partial charge in [0.15, 0.2) is 0 Å². The van der Waals surface area contributed by atoms with Gasteiger partial charge in [0.2, 0.25) is 11.7 Å². The number of fused-ring (bicyclic) bond motifs is 1. The summed E-state index contributed by atoms with van der Waals surface area (Å²) >= 11 is 0. The van der Waals surface area contributed by atoms with Crippen LogP contribution in [0.15, 0.2) is 35.8 Å². The number of carbonyl (C=O) groups is 2. The van der Waals surface area contributed by atoms with E-state index < -0.39 is 18.0 Å². The molecule has 0 aromatic carbocycles. The van der Waals surface area contributed by atoms with Crippen LogP contribution in [0.25, 0.3) is 0 Å². The van der Waals surface area contributed by atoms with Gasteiger partial charge >= 0.3 is 6.09 Å².